The van der Waals surface area contributed by atoms with E-state index in [9.17, 15) is 9.90 Å². The van der Waals surface area contributed by atoms with Gasteiger partial charge in [-0.05, 0) is 18.2 Å². The average molecular weight is 185 g/mol. The van der Waals surface area contributed by atoms with Gasteiger partial charge in [-0.2, -0.15) is 0 Å². The first-order valence-electron chi connectivity index (χ1n) is 3.38. The van der Waals surface area contributed by atoms with E-state index in [0.29, 0.717) is 10.7 Å². The van der Waals surface area contributed by atoms with Crippen LogP contribution in [0.3, 0.4) is 0 Å². The topological polar surface area (TPSA) is 52.2 Å². The largest absolute Gasteiger partial charge is 0.548 e. The van der Waals surface area contributed by atoms with E-state index in [-0.39, 0.29) is 6.54 Å². The normalized spacial score (nSPS) is 9.42. The molecule has 0 radical (unpaired) electrons. The summed E-state index contributed by atoms with van der Waals surface area (Å²) in [6.07, 6.45) is 0. The van der Waals surface area contributed by atoms with Gasteiger partial charge in [-0.3, -0.25) is 0 Å². The first-order chi connectivity index (χ1) is 5.68. The molecule has 1 aromatic carbocycles. The van der Waals surface area contributed by atoms with E-state index in [0.717, 1.165) is 0 Å². The molecule has 1 N–H and O–H groups in total. The predicted octanol–water partition coefficient (Wildman–Crippen LogP) is 0.502. The van der Waals surface area contributed by atoms with Crippen LogP contribution in [0.5, 0.6) is 0 Å². The number of carbonyl (C=O) groups excluding carboxylic acids is 1. The Balaban J connectivity index is 2.57. The number of halogens is 1. The summed E-state index contributed by atoms with van der Waals surface area (Å²) >= 11 is 5.66. The fraction of sp³-hybridized carbons (Fsp3) is 0.125. The standard InChI is InChI=1S/C8H8ClNO2/c9-6-2-1-3-7(4-6)10-5-8(11)12/h1-4,10H,5H2,(H,11,12)/p-1. The van der Waals surface area contributed by atoms with Crippen molar-refractivity contribution in [2.75, 3.05) is 11.9 Å². The maximum absolute atomic E-state index is 10.1. The summed E-state index contributed by atoms with van der Waals surface area (Å²) in [5, 5.41) is 13.3. The zero-order chi connectivity index (χ0) is 8.97. The van der Waals surface area contributed by atoms with Gasteiger partial charge in [0.15, 0.2) is 0 Å². The summed E-state index contributed by atoms with van der Waals surface area (Å²) in [5.74, 6) is -1.14. The molecule has 0 bridgehead atoms. The zero-order valence-electron chi connectivity index (χ0n) is 6.21. The van der Waals surface area contributed by atoms with E-state index in [4.69, 9.17) is 11.6 Å². The van der Waals surface area contributed by atoms with Crippen LogP contribution in [-0.4, -0.2) is 12.5 Å². The minimum absolute atomic E-state index is 0.208. The van der Waals surface area contributed by atoms with Crippen molar-refractivity contribution in [2.24, 2.45) is 0 Å². The monoisotopic (exact) mass is 184 g/mol. The van der Waals surface area contributed by atoms with Gasteiger partial charge >= 0.3 is 0 Å². The van der Waals surface area contributed by atoms with Gasteiger partial charge in [0.1, 0.15) is 0 Å². The van der Waals surface area contributed by atoms with Gasteiger partial charge in [-0.25, -0.2) is 0 Å². The summed E-state index contributed by atoms with van der Waals surface area (Å²) in [6.45, 7) is -0.208. The summed E-state index contributed by atoms with van der Waals surface area (Å²) in [5.41, 5.74) is 0.673. The number of rotatable bonds is 3. The Hall–Kier alpha value is -1.22. The van der Waals surface area contributed by atoms with Crippen LogP contribution >= 0.6 is 11.6 Å². The maximum atomic E-state index is 10.1. The number of carbonyl (C=O) groups is 1. The molecule has 0 aliphatic heterocycles. The minimum Gasteiger partial charge on any atom is -0.548 e. The first-order valence-corrected chi connectivity index (χ1v) is 3.75. The smallest absolute Gasteiger partial charge is 0.0605 e. The van der Waals surface area contributed by atoms with Gasteiger partial charge < -0.3 is 15.2 Å². The van der Waals surface area contributed by atoms with E-state index < -0.39 is 5.97 Å². The highest BCUT2D eigenvalue weighted by Crippen LogP contribution is 2.14. The Bertz CT molecular complexity index is 288. The maximum Gasteiger partial charge on any atom is 0.0605 e. The van der Waals surface area contributed by atoms with Crippen molar-refractivity contribution in [3.8, 4) is 0 Å². The number of anilines is 1. The van der Waals surface area contributed by atoms with Crippen LogP contribution in [0.1, 0.15) is 0 Å². The third-order valence-electron chi connectivity index (χ3n) is 1.26. The molecule has 0 spiro atoms. The zero-order valence-corrected chi connectivity index (χ0v) is 6.97. The number of hydrogen-bond acceptors (Lipinski definition) is 3. The highest BCUT2D eigenvalue weighted by atomic mass is 35.5. The molecule has 0 atom stereocenters. The van der Waals surface area contributed by atoms with Crippen molar-refractivity contribution < 1.29 is 9.90 Å². The lowest BCUT2D eigenvalue weighted by Crippen LogP contribution is -2.30. The highest BCUT2D eigenvalue weighted by Gasteiger charge is 1.91. The molecule has 0 aliphatic carbocycles. The quantitative estimate of drug-likeness (QED) is 0.745. The van der Waals surface area contributed by atoms with Crippen LogP contribution < -0.4 is 10.4 Å². The molecule has 0 saturated carbocycles. The van der Waals surface area contributed by atoms with E-state index in [2.05, 4.69) is 5.32 Å². The molecular weight excluding hydrogens is 178 g/mol. The van der Waals surface area contributed by atoms with Crippen molar-refractivity contribution in [3.63, 3.8) is 0 Å². The number of carboxylic acids is 1. The lowest BCUT2D eigenvalue weighted by molar-refractivity contribution is -0.302. The molecule has 0 unspecified atom stereocenters. The molecule has 1 rings (SSSR count). The summed E-state index contributed by atoms with van der Waals surface area (Å²) in [4.78, 5) is 10.1. The molecule has 0 fully saturated rings. The molecule has 0 aromatic heterocycles. The fourth-order valence-electron chi connectivity index (χ4n) is 0.773. The minimum atomic E-state index is -1.14. The van der Waals surface area contributed by atoms with Crippen molar-refractivity contribution in [2.45, 2.75) is 0 Å². The summed E-state index contributed by atoms with van der Waals surface area (Å²) in [6, 6.07) is 6.82. The number of carboxylic acid groups (broad SMARTS) is 1. The van der Waals surface area contributed by atoms with E-state index in [1.54, 1.807) is 24.3 Å². The number of benzene rings is 1. The molecule has 64 valence electrons. The van der Waals surface area contributed by atoms with Gasteiger partial charge in [0.25, 0.3) is 0 Å². The second-order valence-electron chi connectivity index (χ2n) is 2.24. The van der Waals surface area contributed by atoms with Gasteiger partial charge in [0, 0.05) is 10.7 Å². The molecule has 0 amide bonds. The molecule has 0 saturated heterocycles. The Kier molecular flexibility index (Phi) is 2.94. The van der Waals surface area contributed by atoms with Crippen LogP contribution in [0.15, 0.2) is 24.3 Å². The lowest BCUT2D eigenvalue weighted by Gasteiger charge is -2.06. The van der Waals surface area contributed by atoms with Crippen molar-refractivity contribution in [1.29, 1.82) is 0 Å². The molecule has 12 heavy (non-hydrogen) atoms. The van der Waals surface area contributed by atoms with Crippen LogP contribution in [0.25, 0.3) is 0 Å². The molecule has 0 heterocycles. The SMILES string of the molecule is O=C([O-])CNc1cccc(Cl)c1. The molecular formula is C8H7ClNO2-. The van der Waals surface area contributed by atoms with E-state index >= 15 is 0 Å². The second-order valence-corrected chi connectivity index (χ2v) is 2.67. The Morgan fingerprint density at radius 2 is 2.33 bits per heavy atom. The van der Waals surface area contributed by atoms with Crippen LogP contribution in [-0.2, 0) is 4.79 Å². The molecule has 3 nitrogen and oxygen atoms in total. The number of hydrogen-bond donors (Lipinski definition) is 1. The van der Waals surface area contributed by atoms with E-state index in [1.807, 2.05) is 0 Å². The fourth-order valence-corrected chi connectivity index (χ4v) is 0.963. The predicted molar refractivity (Wildman–Crippen MR) is 44.9 cm³/mol. The van der Waals surface area contributed by atoms with Gasteiger partial charge in [0.2, 0.25) is 0 Å². The lowest BCUT2D eigenvalue weighted by atomic mass is 10.3. The third kappa shape index (κ3) is 2.80. The van der Waals surface area contributed by atoms with Crippen molar-refractivity contribution >= 4 is 23.3 Å². The third-order valence-corrected chi connectivity index (χ3v) is 1.50. The van der Waals surface area contributed by atoms with Gasteiger partial charge in [0.05, 0.1) is 12.5 Å². The molecule has 0 aliphatic rings. The van der Waals surface area contributed by atoms with E-state index in [1.165, 1.54) is 0 Å². The summed E-state index contributed by atoms with van der Waals surface area (Å²) < 4.78 is 0. The Labute approximate surface area is 75.0 Å². The average Bonchev–Trinajstić information content (AvgIpc) is 2.01. The Morgan fingerprint density at radius 1 is 1.58 bits per heavy atom. The van der Waals surface area contributed by atoms with Crippen LogP contribution in [0.2, 0.25) is 5.02 Å². The molecule has 1 aromatic rings. The molecule has 4 heteroatoms. The van der Waals surface area contributed by atoms with Crippen LogP contribution in [0, 0.1) is 0 Å². The van der Waals surface area contributed by atoms with Crippen molar-refractivity contribution in [1.82, 2.24) is 0 Å². The van der Waals surface area contributed by atoms with Gasteiger partial charge in [-0.15, -0.1) is 0 Å². The number of aliphatic carboxylic acids is 1. The Morgan fingerprint density at radius 3 is 2.92 bits per heavy atom. The van der Waals surface area contributed by atoms with Gasteiger partial charge in [-0.1, -0.05) is 17.7 Å². The van der Waals surface area contributed by atoms with Crippen LogP contribution in [0.4, 0.5) is 5.69 Å². The summed E-state index contributed by atoms with van der Waals surface area (Å²) in [7, 11) is 0. The first kappa shape index (κ1) is 8.87. The second kappa shape index (κ2) is 3.97. The van der Waals surface area contributed by atoms with Crippen molar-refractivity contribution in [3.05, 3.63) is 29.3 Å². The highest BCUT2D eigenvalue weighted by molar-refractivity contribution is 6.30. The number of nitrogens with one attached hydrogen (secondary N) is 1.